The van der Waals surface area contributed by atoms with Crippen LogP contribution in [0.1, 0.15) is 20.7 Å². The maximum atomic E-state index is 12.6. The zero-order valence-electron chi connectivity index (χ0n) is 14.7. The number of hydrogen-bond acceptors (Lipinski definition) is 5. The summed E-state index contributed by atoms with van der Waals surface area (Å²) in [7, 11) is 0. The average Bonchev–Trinajstić information content (AvgIpc) is 2.97. The first-order valence-electron chi connectivity index (χ1n) is 8.59. The summed E-state index contributed by atoms with van der Waals surface area (Å²) in [4.78, 5) is 36.5. The Hall–Kier alpha value is -4.00. The molecule has 0 fully saturated rings. The first-order chi connectivity index (χ1) is 13.6. The van der Waals surface area contributed by atoms with E-state index in [1.54, 1.807) is 0 Å². The molecule has 7 heteroatoms. The summed E-state index contributed by atoms with van der Waals surface area (Å²) in [6.07, 6.45) is 0. The molecule has 0 aliphatic carbocycles. The van der Waals surface area contributed by atoms with Gasteiger partial charge in [-0.1, -0.05) is 48.5 Å². The van der Waals surface area contributed by atoms with Crippen LogP contribution in [0, 0.1) is 10.1 Å². The molecule has 0 saturated carbocycles. The number of carbonyl (C=O) groups is 2. The van der Waals surface area contributed by atoms with Crippen molar-refractivity contribution in [3.05, 3.63) is 94.0 Å². The number of benzene rings is 3. The molecule has 0 bridgehead atoms. The van der Waals surface area contributed by atoms with Crippen LogP contribution >= 0.6 is 0 Å². The third-order valence-electron chi connectivity index (χ3n) is 4.61. The van der Waals surface area contributed by atoms with Crippen LogP contribution in [0.25, 0.3) is 11.1 Å². The molecule has 1 N–H and O–H groups in total. The number of nitrogens with zero attached hydrogens (tertiary/aromatic N) is 2. The smallest absolute Gasteiger partial charge is 0.282 e. The van der Waals surface area contributed by atoms with Gasteiger partial charge in [0.2, 0.25) is 0 Å². The highest BCUT2D eigenvalue weighted by Gasteiger charge is 2.40. The SMILES string of the molecule is O=C1c2cccc([N+](=O)[O-])c2C(=O)N1CNc1ccc(-c2ccccc2)cc1. The second-order valence-electron chi connectivity index (χ2n) is 6.27. The molecule has 0 spiro atoms. The lowest BCUT2D eigenvalue weighted by Gasteiger charge is -2.15. The first kappa shape index (κ1) is 17.4. The number of nitrogens with one attached hydrogen (secondary N) is 1. The number of carbonyl (C=O) groups excluding carboxylic acids is 2. The molecule has 138 valence electrons. The number of hydrogen-bond donors (Lipinski definition) is 1. The molecule has 7 nitrogen and oxygen atoms in total. The van der Waals surface area contributed by atoms with E-state index in [0.717, 1.165) is 21.7 Å². The molecule has 0 aromatic heterocycles. The third kappa shape index (κ3) is 2.99. The molecular formula is C21H15N3O4. The average molecular weight is 373 g/mol. The summed E-state index contributed by atoms with van der Waals surface area (Å²) in [6, 6.07) is 21.5. The van der Waals surface area contributed by atoms with Crippen LogP contribution in [0.3, 0.4) is 0 Å². The fourth-order valence-electron chi connectivity index (χ4n) is 3.19. The Balaban J connectivity index is 1.50. The van der Waals surface area contributed by atoms with Gasteiger partial charge in [0.1, 0.15) is 5.56 Å². The molecule has 28 heavy (non-hydrogen) atoms. The van der Waals surface area contributed by atoms with Crippen LogP contribution in [0.4, 0.5) is 11.4 Å². The van der Waals surface area contributed by atoms with Gasteiger partial charge in [-0.15, -0.1) is 0 Å². The van der Waals surface area contributed by atoms with Gasteiger partial charge in [0.15, 0.2) is 0 Å². The Kier molecular flexibility index (Phi) is 4.33. The van der Waals surface area contributed by atoms with E-state index in [4.69, 9.17) is 0 Å². The largest absolute Gasteiger partial charge is 0.367 e. The zero-order chi connectivity index (χ0) is 19.7. The van der Waals surface area contributed by atoms with Crippen molar-refractivity contribution in [1.82, 2.24) is 4.90 Å². The molecule has 4 rings (SSSR count). The number of fused-ring (bicyclic) bond motifs is 1. The van der Waals surface area contributed by atoms with Crippen LogP contribution in [-0.2, 0) is 0 Å². The van der Waals surface area contributed by atoms with Gasteiger partial charge >= 0.3 is 0 Å². The second-order valence-corrected chi connectivity index (χ2v) is 6.27. The van der Waals surface area contributed by atoms with E-state index < -0.39 is 16.7 Å². The Labute approximate surface area is 160 Å². The highest BCUT2D eigenvalue weighted by Crippen LogP contribution is 2.30. The lowest BCUT2D eigenvalue weighted by molar-refractivity contribution is -0.385. The Morgan fingerprint density at radius 3 is 2.18 bits per heavy atom. The number of nitro benzene ring substituents is 1. The number of anilines is 1. The number of nitro groups is 1. The van der Waals surface area contributed by atoms with Crippen molar-refractivity contribution in [2.75, 3.05) is 12.0 Å². The monoisotopic (exact) mass is 373 g/mol. The first-order valence-corrected chi connectivity index (χ1v) is 8.59. The Morgan fingerprint density at radius 1 is 0.821 bits per heavy atom. The topological polar surface area (TPSA) is 92.5 Å². The minimum atomic E-state index is -0.666. The van der Waals surface area contributed by atoms with E-state index >= 15 is 0 Å². The van der Waals surface area contributed by atoms with E-state index in [-0.39, 0.29) is 23.5 Å². The van der Waals surface area contributed by atoms with E-state index in [1.807, 2.05) is 54.6 Å². The van der Waals surface area contributed by atoms with Gasteiger partial charge in [0.05, 0.1) is 17.2 Å². The molecule has 0 radical (unpaired) electrons. The van der Waals surface area contributed by atoms with Crippen molar-refractivity contribution < 1.29 is 14.5 Å². The van der Waals surface area contributed by atoms with Crippen LogP contribution in [-0.4, -0.2) is 28.3 Å². The summed E-state index contributed by atoms with van der Waals surface area (Å²) in [6.45, 7) is -0.0752. The van der Waals surface area contributed by atoms with Crippen molar-refractivity contribution in [3.63, 3.8) is 0 Å². The van der Waals surface area contributed by atoms with Gasteiger partial charge in [-0.3, -0.25) is 24.6 Å². The molecule has 1 aliphatic rings. The summed E-state index contributed by atoms with van der Waals surface area (Å²) < 4.78 is 0. The molecule has 0 atom stereocenters. The lowest BCUT2D eigenvalue weighted by atomic mass is 10.1. The zero-order valence-corrected chi connectivity index (χ0v) is 14.7. The van der Waals surface area contributed by atoms with Gasteiger partial charge in [-0.25, -0.2) is 0 Å². The van der Waals surface area contributed by atoms with Crippen molar-refractivity contribution in [2.24, 2.45) is 0 Å². The number of imide groups is 1. The molecule has 0 unspecified atom stereocenters. The van der Waals surface area contributed by atoms with Crippen molar-refractivity contribution in [3.8, 4) is 11.1 Å². The summed E-state index contributed by atoms with van der Waals surface area (Å²) in [5.74, 6) is -1.21. The lowest BCUT2D eigenvalue weighted by Crippen LogP contribution is -2.34. The van der Waals surface area contributed by atoms with Gasteiger partial charge in [0.25, 0.3) is 17.5 Å². The predicted molar refractivity (Wildman–Crippen MR) is 104 cm³/mol. The Morgan fingerprint density at radius 2 is 1.50 bits per heavy atom. The molecular weight excluding hydrogens is 358 g/mol. The highest BCUT2D eigenvalue weighted by atomic mass is 16.6. The van der Waals surface area contributed by atoms with Crippen molar-refractivity contribution in [1.29, 1.82) is 0 Å². The van der Waals surface area contributed by atoms with E-state index in [0.29, 0.717) is 0 Å². The van der Waals surface area contributed by atoms with Gasteiger partial charge < -0.3 is 5.32 Å². The van der Waals surface area contributed by atoms with E-state index in [9.17, 15) is 19.7 Å². The second kappa shape index (κ2) is 6.96. The minimum absolute atomic E-state index is 0.0559. The quantitative estimate of drug-likeness (QED) is 0.416. The van der Waals surface area contributed by atoms with Crippen LogP contribution in [0.2, 0.25) is 0 Å². The van der Waals surface area contributed by atoms with E-state index in [1.165, 1.54) is 18.2 Å². The third-order valence-corrected chi connectivity index (χ3v) is 4.61. The predicted octanol–water partition coefficient (Wildman–Crippen LogP) is 3.93. The molecule has 1 aliphatic heterocycles. The van der Waals surface area contributed by atoms with Gasteiger partial charge in [0, 0.05) is 11.8 Å². The molecule has 3 aromatic rings. The van der Waals surface area contributed by atoms with Crippen molar-refractivity contribution >= 4 is 23.2 Å². The Bertz CT molecular complexity index is 1080. The minimum Gasteiger partial charge on any atom is -0.367 e. The summed E-state index contributed by atoms with van der Waals surface area (Å²) in [5, 5.41) is 14.2. The fraction of sp³-hybridized carbons (Fsp3) is 0.0476. The normalized spacial score (nSPS) is 12.8. The van der Waals surface area contributed by atoms with Crippen LogP contribution in [0.15, 0.2) is 72.8 Å². The van der Waals surface area contributed by atoms with Crippen LogP contribution < -0.4 is 5.32 Å². The van der Waals surface area contributed by atoms with Crippen LogP contribution in [0.5, 0.6) is 0 Å². The highest BCUT2D eigenvalue weighted by molar-refractivity contribution is 6.23. The fourth-order valence-corrected chi connectivity index (χ4v) is 3.19. The summed E-state index contributed by atoms with van der Waals surface area (Å²) in [5.41, 5.74) is 2.40. The maximum absolute atomic E-state index is 12.6. The molecule has 2 amide bonds. The molecule has 0 saturated heterocycles. The number of amides is 2. The van der Waals surface area contributed by atoms with Gasteiger partial charge in [-0.2, -0.15) is 0 Å². The summed E-state index contributed by atoms with van der Waals surface area (Å²) >= 11 is 0. The van der Waals surface area contributed by atoms with Crippen molar-refractivity contribution in [2.45, 2.75) is 0 Å². The molecule has 1 heterocycles. The van der Waals surface area contributed by atoms with E-state index in [2.05, 4.69) is 5.32 Å². The van der Waals surface area contributed by atoms with Gasteiger partial charge in [-0.05, 0) is 29.3 Å². The molecule has 3 aromatic carbocycles. The number of rotatable bonds is 5. The maximum Gasteiger partial charge on any atom is 0.282 e. The standard InChI is InChI=1S/C21H15N3O4/c25-20-17-7-4-8-18(24(27)28)19(17)21(26)23(20)13-22-16-11-9-15(10-12-16)14-5-2-1-3-6-14/h1-12,22H,13H2.